The fourth-order valence-electron chi connectivity index (χ4n) is 3.85. The first-order chi connectivity index (χ1) is 16.0. The van der Waals surface area contributed by atoms with Crippen molar-refractivity contribution in [3.8, 4) is 0 Å². The van der Waals surface area contributed by atoms with Crippen molar-refractivity contribution in [2.75, 3.05) is 0 Å². The van der Waals surface area contributed by atoms with Gasteiger partial charge < -0.3 is 14.8 Å². The van der Waals surface area contributed by atoms with Crippen LogP contribution >= 0.6 is 0 Å². The van der Waals surface area contributed by atoms with Gasteiger partial charge in [-0.3, -0.25) is 9.78 Å². The SMILES string of the molecule is CCCCCCCCCCCc1cn(CC(=O)O)c(C(C)O)n1.c1ccc2ncccc2c1. The van der Waals surface area contributed by atoms with Crippen LogP contribution in [0.4, 0.5) is 0 Å². The van der Waals surface area contributed by atoms with Crippen molar-refractivity contribution in [3.05, 3.63) is 60.3 Å². The fraction of sp³-hybridized carbons (Fsp3) is 0.519. The average Bonchev–Trinajstić information content (AvgIpc) is 3.20. The van der Waals surface area contributed by atoms with Crippen molar-refractivity contribution >= 4 is 16.9 Å². The lowest BCUT2D eigenvalue weighted by molar-refractivity contribution is -0.137. The molecule has 0 bridgehead atoms. The van der Waals surface area contributed by atoms with E-state index in [9.17, 15) is 9.90 Å². The number of aliphatic carboxylic acids is 1. The van der Waals surface area contributed by atoms with E-state index in [-0.39, 0.29) is 6.54 Å². The molecular formula is C27H39N3O3. The molecule has 0 aliphatic heterocycles. The van der Waals surface area contributed by atoms with Crippen LogP contribution in [-0.4, -0.2) is 30.7 Å². The first-order valence-electron chi connectivity index (χ1n) is 12.3. The maximum atomic E-state index is 10.8. The maximum Gasteiger partial charge on any atom is 0.323 e. The zero-order chi connectivity index (χ0) is 23.9. The Morgan fingerprint density at radius 3 is 2.24 bits per heavy atom. The largest absolute Gasteiger partial charge is 0.480 e. The molecule has 33 heavy (non-hydrogen) atoms. The van der Waals surface area contributed by atoms with Gasteiger partial charge in [0, 0.05) is 17.8 Å². The first-order valence-corrected chi connectivity index (χ1v) is 12.3. The highest BCUT2D eigenvalue weighted by atomic mass is 16.4. The third kappa shape index (κ3) is 10.2. The van der Waals surface area contributed by atoms with Gasteiger partial charge in [-0.15, -0.1) is 0 Å². The van der Waals surface area contributed by atoms with Gasteiger partial charge in [0.1, 0.15) is 18.5 Å². The second-order valence-electron chi connectivity index (χ2n) is 8.56. The highest BCUT2D eigenvalue weighted by Crippen LogP contribution is 2.16. The predicted octanol–water partition coefficient (Wildman–Crippen LogP) is 6.33. The van der Waals surface area contributed by atoms with Crippen LogP contribution in [0.5, 0.6) is 0 Å². The second kappa shape index (κ2) is 15.2. The molecule has 3 aromatic rings. The van der Waals surface area contributed by atoms with Crippen molar-refractivity contribution < 1.29 is 15.0 Å². The number of rotatable bonds is 13. The van der Waals surface area contributed by atoms with Gasteiger partial charge in [0.2, 0.25) is 0 Å². The van der Waals surface area contributed by atoms with E-state index in [1.165, 1.54) is 61.3 Å². The number of imidazole rings is 1. The van der Waals surface area contributed by atoms with E-state index in [4.69, 9.17) is 5.11 Å². The Morgan fingerprint density at radius 1 is 0.970 bits per heavy atom. The smallest absolute Gasteiger partial charge is 0.323 e. The van der Waals surface area contributed by atoms with Gasteiger partial charge in [-0.1, -0.05) is 82.6 Å². The molecule has 0 saturated carbocycles. The summed E-state index contributed by atoms with van der Waals surface area (Å²) in [7, 11) is 0. The fourth-order valence-corrected chi connectivity index (χ4v) is 3.85. The molecule has 1 atom stereocenters. The summed E-state index contributed by atoms with van der Waals surface area (Å²) in [6, 6.07) is 12.1. The normalized spacial score (nSPS) is 11.7. The summed E-state index contributed by atoms with van der Waals surface area (Å²) in [6.45, 7) is 3.70. The van der Waals surface area contributed by atoms with Gasteiger partial charge in [0.05, 0.1) is 11.2 Å². The first kappa shape index (κ1) is 26.5. The summed E-state index contributed by atoms with van der Waals surface area (Å²) in [5.41, 5.74) is 1.94. The molecule has 6 heteroatoms. The van der Waals surface area contributed by atoms with Crippen molar-refractivity contribution in [2.45, 2.75) is 90.7 Å². The van der Waals surface area contributed by atoms with E-state index in [0.29, 0.717) is 5.82 Å². The van der Waals surface area contributed by atoms with Crippen molar-refractivity contribution in [2.24, 2.45) is 0 Å². The summed E-state index contributed by atoms with van der Waals surface area (Å²) < 4.78 is 1.54. The predicted molar refractivity (Wildman–Crippen MR) is 133 cm³/mol. The molecular weight excluding hydrogens is 414 g/mol. The number of benzene rings is 1. The van der Waals surface area contributed by atoms with Gasteiger partial charge in [-0.2, -0.15) is 0 Å². The van der Waals surface area contributed by atoms with Crippen molar-refractivity contribution in [3.63, 3.8) is 0 Å². The quantitative estimate of drug-likeness (QED) is 0.295. The molecule has 0 spiro atoms. The maximum absolute atomic E-state index is 10.8. The van der Waals surface area contributed by atoms with Crippen LogP contribution < -0.4 is 0 Å². The van der Waals surface area contributed by atoms with Crippen molar-refractivity contribution in [1.29, 1.82) is 0 Å². The third-order valence-electron chi connectivity index (χ3n) is 5.59. The number of carboxylic acids is 1. The van der Waals surface area contributed by atoms with E-state index in [0.717, 1.165) is 24.1 Å². The summed E-state index contributed by atoms with van der Waals surface area (Å²) >= 11 is 0. The summed E-state index contributed by atoms with van der Waals surface area (Å²) in [4.78, 5) is 19.4. The minimum absolute atomic E-state index is 0.148. The van der Waals surface area contributed by atoms with E-state index in [1.807, 2.05) is 30.5 Å². The molecule has 180 valence electrons. The number of nitrogens with zero attached hydrogens (tertiary/aromatic N) is 3. The lowest BCUT2D eigenvalue weighted by Crippen LogP contribution is -2.12. The Kier molecular flexibility index (Phi) is 12.2. The van der Waals surface area contributed by atoms with Crippen molar-refractivity contribution in [1.82, 2.24) is 14.5 Å². The monoisotopic (exact) mass is 453 g/mol. The highest BCUT2D eigenvalue weighted by molar-refractivity contribution is 5.77. The lowest BCUT2D eigenvalue weighted by Gasteiger charge is -2.05. The number of hydrogen-bond acceptors (Lipinski definition) is 4. The number of carboxylic acid groups (broad SMARTS) is 1. The third-order valence-corrected chi connectivity index (χ3v) is 5.59. The van der Waals surface area contributed by atoms with Gasteiger partial charge in [0.25, 0.3) is 0 Å². The van der Waals surface area contributed by atoms with Crippen LogP contribution in [0.25, 0.3) is 10.9 Å². The molecule has 2 N–H and O–H groups in total. The number of aryl methyl sites for hydroxylation is 1. The van der Waals surface area contributed by atoms with Crippen LogP contribution in [0.1, 0.15) is 89.3 Å². The number of aliphatic hydroxyl groups is 1. The highest BCUT2D eigenvalue weighted by Gasteiger charge is 2.14. The molecule has 0 radical (unpaired) electrons. The Bertz CT molecular complexity index is 887. The Hall–Kier alpha value is -2.73. The zero-order valence-corrected chi connectivity index (χ0v) is 20.1. The van der Waals surface area contributed by atoms with Gasteiger partial charge in [0.15, 0.2) is 0 Å². The summed E-state index contributed by atoms with van der Waals surface area (Å²) in [5, 5.41) is 19.8. The number of fused-ring (bicyclic) bond motifs is 1. The molecule has 0 aliphatic carbocycles. The van der Waals surface area contributed by atoms with Crippen LogP contribution in [0.3, 0.4) is 0 Å². The van der Waals surface area contributed by atoms with Crippen LogP contribution in [0.2, 0.25) is 0 Å². The summed E-state index contributed by atoms with van der Waals surface area (Å²) in [6.07, 6.45) is 15.2. The van der Waals surface area contributed by atoms with E-state index in [2.05, 4.69) is 29.0 Å². The lowest BCUT2D eigenvalue weighted by atomic mass is 10.1. The number of pyridine rings is 1. The number of aliphatic hydroxyl groups excluding tert-OH is 1. The van der Waals surface area contributed by atoms with Crippen LogP contribution in [-0.2, 0) is 17.8 Å². The van der Waals surface area contributed by atoms with Crippen LogP contribution in [0.15, 0.2) is 48.8 Å². The Balaban J connectivity index is 0.000000315. The van der Waals surface area contributed by atoms with E-state index >= 15 is 0 Å². The molecule has 0 aliphatic rings. The molecule has 6 nitrogen and oxygen atoms in total. The Morgan fingerprint density at radius 2 is 1.61 bits per heavy atom. The van der Waals surface area contributed by atoms with Gasteiger partial charge >= 0.3 is 5.97 Å². The van der Waals surface area contributed by atoms with Gasteiger partial charge in [-0.25, -0.2) is 4.98 Å². The molecule has 2 heterocycles. The zero-order valence-electron chi connectivity index (χ0n) is 20.1. The number of hydrogen-bond donors (Lipinski definition) is 2. The molecule has 1 aromatic carbocycles. The summed E-state index contributed by atoms with van der Waals surface area (Å²) in [5.74, 6) is -0.475. The number of aromatic nitrogens is 3. The standard InChI is InChI=1S/C18H32N2O3.C9H7N/c1-3-4-5-6-7-8-9-10-11-12-16-13-20(14-17(22)23)18(19-16)15(2)21;1-2-6-9-8(4-1)5-3-7-10-9/h13,15,21H,3-12,14H2,1-2H3,(H,22,23);1-7H. The van der Waals surface area contributed by atoms with E-state index in [1.54, 1.807) is 13.1 Å². The topological polar surface area (TPSA) is 88.2 Å². The Labute approximate surface area is 197 Å². The molecule has 0 amide bonds. The van der Waals surface area contributed by atoms with Crippen LogP contribution in [0, 0.1) is 0 Å². The molecule has 0 saturated heterocycles. The molecule has 0 fully saturated rings. The minimum atomic E-state index is -0.918. The second-order valence-corrected chi connectivity index (χ2v) is 8.56. The number of para-hydroxylation sites is 1. The minimum Gasteiger partial charge on any atom is -0.480 e. The number of carbonyl (C=O) groups is 1. The molecule has 1 unspecified atom stereocenters. The molecule has 2 aromatic heterocycles. The number of unbranched alkanes of at least 4 members (excludes halogenated alkanes) is 8. The van der Waals surface area contributed by atoms with Gasteiger partial charge in [-0.05, 0) is 31.9 Å². The molecule has 3 rings (SSSR count). The average molecular weight is 454 g/mol. The van der Waals surface area contributed by atoms with E-state index < -0.39 is 12.1 Å².